The Kier molecular flexibility index (Phi) is 4.37. The van der Waals surface area contributed by atoms with E-state index < -0.39 is 0 Å². The zero-order chi connectivity index (χ0) is 11.3. The molecule has 1 aromatic heterocycles. The molecule has 0 saturated heterocycles. The second-order valence-electron chi connectivity index (χ2n) is 3.45. The fraction of sp³-hybridized carbons (Fsp3) is 0.545. The molecule has 4 heteroatoms. The van der Waals surface area contributed by atoms with Crippen LogP contribution in [-0.2, 0) is 9.53 Å². The van der Waals surface area contributed by atoms with Crippen molar-refractivity contribution in [1.29, 1.82) is 0 Å². The van der Waals surface area contributed by atoms with E-state index in [4.69, 9.17) is 4.74 Å². The molecule has 0 fully saturated rings. The van der Waals surface area contributed by atoms with E-state index in [1.54, 1.807) is 0 Å². The van der Waals surface area contributed by atoms with Gasteiger partial charge >= 0.3 is 5.97 Å². The van der Waals surface area contributed by atoms with E-state index in [2.05, 4.69) is 10.3 Å². The lowest BCUT2D eigenvalue weighted by Crippen LogP contribution is -2.31. The molecule has 84 valence electrons. The molecule has 2 N–H and O–H groups in total. The monoisotopic (exact) mass is 210 g/mol. The normalized spacial score (nSPS) is 14.6. The summed E-state index contributed by atoms with van der Waals surface area (Å²) in [6.07, 6.45) is 4.50. The highest BCUT2D eigenvalue weighted by molar-refractivity contribution is 5.73. The maximum atomic E-state index is 11.6. The smallest absolute Gasteiger partial charge is 0.310 e. The van der Waals surface area contributed by atoms with E-state index in [-0.39, 0.29) is 17.9 Å². The van der Waals surface area contributed by atoms with Crippen molar-refractivity contribution >= 4 is 5.97 Å². The molecule has 0 aliphatic heterocycles. The van der Waals surface area contributed by atoms with E-state index in [0.717, 1.165) is 12.0 Å². The van der Waals surface area contributed by atoms with Crippen molar-refractivity contribution < 1.29 is 9.53 Å². The zero-order valence-electron chi connectivity index (χ0n) is 9.41. The van der Waals surface area contributed by atoms with Crippen LogP contribution in [0.1, 0.15) is 24.9 Å². The van der Waals surface area contributed by atoms with Gasteiger partial charge in [-0.3, -0.25) is 4.79 Å². The van der Waals surface area contributed by atoms with Crippen molar-refractivity contribution in [3.63, 3.8) is 0 Å². The Bertz CT molecular complexity index is 296. The standard InChI is InChI=1S/C11H18N2O2/c1-4-9(11(14)15-3)10(12-2)8-5-6-13-7-8/h5-7,9-10,12-13H,4H2,1-3H3. The minimum Gasteiger partial charge on any atom is -0.469 e. The van der Waals surface area contributed by atoms with Gasteiger partial charge in [-0.05, 0) is 25.1 Å². The Balaban J connectivity index is 2.84. The van der Waals surface area contributed by atoms with Gasteiger partial charge in [-0.15, -0.1) is 0 Å². The maximum absolute atomic E-state index is 11.6. The van der Waals surface area contributed by atoms with Gasteiger partial charge in [0.05, 0.1) is 13.0 Å². The Morgan fingerprint density at radius 2 is 2.40 bits per heavy atom. The van der Waals surface area contributed by atoms with Crippen LogP contribution in [0.5, 0.6) is 0 Å². The maximum Gasteiger partial charge on any atom is 0.310 e. The van der Waals surface area contributed by atoms with Crippen LogP contribution in [0.2, 0.25) is 0 Å². The highest BCUT2D eigenvalue weighted by Gasteiger charge is 2.27. The van der Waals surface area contributed by atoms with Gasteiger partial charge in [-0.1, -0.05) is 6.92 Å². The molecule has 0 bridgehead atoms. The summed E-state index contributed by atoms with van der Waals surface area (Å²) in [6.45, 7) is 1.98. The Labute approximate surface area is 90.0 Å². The number of aromatic amines is 1. The first-order chi connectivity index (χ1) is 7.24. The molecule has 0 amide bonds. The van der Waals surface area contributed by atoms with Gasteiger partial charge in [0.2, 0.25) is 0 Å². The molecular weight excluding hydrogens is 192 g/mol. The molecule has 0 aliphatic carbocycles. The number of methoxy groups -OCH3 is 1. The van der Waals surface area contributed by atoms with Crippen molar-refractivity contribution in [2.75, 3.05) is 14.2 Å². The highest BCUT2D eigenvalue weighted by Crippen LogP contribution is 2.25. The van der Waals surface area contributed by atoms with Crippen LogP contribution in [-0.4, -0.2) is 25.1 Å². The summed E-state index contributed by atoms with van der Waals surface area (Å²) < 4.78 is 4.79. The van der Waals surface area contributed by atoms with E-state index in [1.807, 2.05) is 32.4 Å². The van der Waals surface area contributed by atoms with E-state index >= 15 is 0 Å². The van der Waals surface area contributed by atoms with Crippen molar-refractivity contribution in [3.8, 4) is 0 Å². The van der Waals surface area contributed by atoms with Crippen LogP contribution in [0, 0.1) is 5.92 Å². The van der Waals surface area contributed by atoms with Gasteiger partial charge in [0.25, 0.3) is 0 Å². The number of aromatic nitrogens is 1. The van der Waals surface area contributed by atoms with Gasteiger partial charge in [0, 0.05) is 18.4 Å². The zero-order valence-corrected chi connectivity index (χ0v) is 9.41. The summed E-state index contributed by atoms with van der Waals surface area (Å²) in [4.78, 5) is 14.6. The summed E-state index contributed by atoms with van der Waals surface area (Å²) in [6, 6.07) is 1.97. The van der Waals surface area contributed by atoms with Crippen LogP contribution in [0.15, 0.2) is 18.5 Å². The number of esters is 1. The van der Waals surface area contributed by atoms with Crippen LogP contribution >= 0.6 is 0 Å². The fourth-order valence-corrected chi connectivity index (χ4v) is 1.82. The fourth-order valence-electron chi connectivity index (χ4n) is 1.82. The quantitative estimate of drug-likeness (QED) is 0.724. The Morgan fingerprint density at radius 1 is 1.67 bits per heavy atom. The molecule has 0 aromatic carbocycles. The third-order valence-electron chi connectivity index (χ3n) is 2.64. The minimum atomic E-state index is -0.168. The first-order valence-electron chi connectivity index (χ1n) is 5.12. The number of carbonyl (C=O) groups is 1. The molecule has 2 unspecified atom stereocenters. The third kappa shape index (κ3) is 2.59. The number of rotatable bonds is 5. The number of H-pyrrole nitrogens is 1. The van der Waals surface area contributed by atoms with Crippen LogP contribution in [0.3, 0.4) is 0 Å². The largest absolute Gasteiger partial charge is 0.469 e. The number of carbonyl (C=O) groups excluding carboxylic acids is 1. The van der Waals surface area contributed by atoms with Crippen LogP contribution in [0.25, 0.3) is 0 Å². The lowest BCUT2D eigenvalue weighted by molar-refractivity contribution is -0.146. The van der Waals surface area contributed by atoms with Crippen molar-refractivity contribution in [3.05, 3.63) is 24.0 Å². The number of hydrogen-bond donors (Lipinski definition) is 2. The molecule has 15 heavy (non-hydrogen) atoms. The van der Waals surface area contributed by atoms with Crippen molar-refractivity contribution in [2.45, 2.75) is 19.4 Å². The molecule has 0 radical (unpaired) electrons. The summed E-state index contributed by atoms with van der Waals surface area (Å²) >= 11 is 0. The van der Waals surface area contributed by atoms with Gasteiger partial charge in [0.15, 0.2) is 0 Å². The minimum absolute atomic E-state index is 0.00806. The SMILES string of the molecule is CCC(C(=O)OC)C(NC)c1cc[nH]c1. The van der Waals surface area contributed by atoms with Gasteiger partial charge in [-0.25, -0.2) is 0 Å². The molecule has 1 aromatic rings. The van der Waals surface area contributed by atoms with Gasteiger partial charge in [-0.2, -0.15) is 0 Å². The summed E-state index contributed by atoms with van der Waals surface area (Å²) in [7, 11) is 3.28. The molecular formula is C11H18N2O2. The predicted molar refractivity (Wildman–Crippen MR) is 58.4 cm³/mol. The molecule has 2 atom stereocenters. The first-order valence-corrected chi connectivity index (χ1v) is 5.12. The number of hydrogen-bond acceptors (Lipinski definition) is 3. The van der Waals surface area contributed by atoms with Crippen molar-refractivity contribution in [2.24, 2.45) is 5.92 Å². The van der Waals surface area contributed by atoms with Crippen molar-refractivity contribution in [1.82, 2.24) is 10.3 Å². The molecule has 1 rings (SSSR count). The average molecular weight is 210 g/mol. The summed E-state index contributed by atoms with van der Waals surface area (Å²) in [5.41, 5.74) is 1.08. The average Bonchev–Trinajstić information content (AvgIpc) is 2.77. The van der Waals surface area contributed by atoms with E-state index in [9.17, 15) is 4.79 Å². The lowest BCUT2D eigenvalue weighted by Gasteiger charge is -2.22. The van der Waals surface area contributed by atoms with Crippen LogP contribution in [0.4, 0.5) is 0 Å². The molecule has 0 saturated carbocycles. The van der Waals surface area contributed by atoms with Gasteiger partial charge in [0.1, 0.15) is 0 Å². The Morgan fingerprint density at radius 3 is 2.80 bits per heavy atom. The second kappa shape index (κ2) is 5.56. The van der Waals surface area contributed by atoms with Gasteiger partial charge < -0.3 is 15.0 Å². The number of ether oxygens (including phenoxy) is 1. The molecule has 0 spiro atoms. The molecule has 1 heterocycles. The summed E-state index contributed by atoms with van der Waals surface area (Å²) in [5, 5.41) is 3.15. The third-order valence-corrected chi connectivity index (χ3v) is 2.64. The number of nitrogens with one attached hydrogen (secondary N) is 2. The molecule has 0 aliphatic rings. The van der Waals surface area contributed by atoms with Crippen LogP contribution < -0.4 is 5.32 Å². The summed E-state index contributed by atoms with van der Waals surface area (Å²) in [5.74, 6) is -0.311. The Hall–Kier alpha value is -1.29. The first kappa shape index (κ1) is 11.8. The van der Waals surface area contributed by atoms with E-state index in [1.165, 1.54) is 7.11 Å². The topological polar surface area (TPSA) is 54.1 Å². The lowest BCUT2D eigenvalue weighted by atomic mass is 9.92. The second-order valence-corrected chi connectivity index (χ2v) is 3.45. The highest BCUT2D eigenvalue weighted by atomic mass is 16.5. The molecule has 4 nitrogen and oxygen atoms in total. The predicted octanol–water partition coefficient (Wildman–Crippen LogP) is 1.47. The van der Waals surface area contributed by atoms with E-state index in [0.29, 0.717) is 0 Å².